The number of carbonyl (C=O) groups excluding carboxylic acids is 1. The van der Waals surface area contributed by atoms with Gasteiger partial charge in [-0.25, -0.2) is 13.6 Å². The maximum absolute atomic E-state index is 14.4. The van der Waals surface area contributed by atoms with E-state index in [1.54, 1.807) is 38.1 Å². The van der Waals surface area contributed by atoms with Gasteiger partial charge in [-0.15, -0.1) is 0 Å². The van der Waals surface area contributed by atoms with E-state index in [2.05, 4.69) is 4.74 Å². The monoisotopic (exact) mass is 842 g/mol. The van der Waals surface area contributed by atoms with E-state index in [1.165, 1.54) is 31.4 Å². The van der Waals surface area contributed by atoms with Crippen LogP contribution in [0.3, 0.4) is 0 Å². The molecule has 1 atom stereocenters. The Bertz CT molecular complexity index is 1620. The Morgan fingerprint density at radius 3 is 1.25 bits per heavy atom. The fourth-order valence-corrected chi connectivity index (χ4v) is 4.45. The molecule has 2 rings (SSSR count). The highest BCUT2D eigenvalue weighted by atomic mass is 19.4. The maximum atomic E-state index is 14.4. The van der Waals surface area contributed by atoms with E-state index in [4.69, 9.17) is 9.47 Å². The summed E-state index contributed by atoms with van der Waals surface area (Å²) in [4.78, 5) is 11.9. The number of hydrogen-bond acceptors (Lipinski definition) is 4. The predicted octanol–water partition coefficient (Wildman–Crippen LogP) is 10.7. The maximum Gasteiger partial charge on any atom is 0.410 e. The highest BCUT2D eigenvalue weighted by Gasteiger charge is 2.97. The Hall–Kier alpha value is -3.89. The van der Waals surface area contributed by atoms with Crippen LogP contribution in [0.4, 0.5) is 87.8 Å². The molecule has 0 amide bonds. The molecule has 314 valence electrons. The topological polar surface area (TPSA) is 44.8 Å². The summed E-state index contributed by atoms with van der Waals surface area (Å²) in [6.45, 7) is 3.43. The lowest BCUT2D eigenvalue weighted by molar-refractivity contribution is -0.463. The van der Waals surface area contributed by atoms with Gasteiger partial charge in [0, 0.05) is 5.41 Å². The predicted molar refractivity (Wildman–Crippen MR) is 148 cm³/mol. The van der Waals surface area contributed by atoms with Crippen molar-refractivity contribution in [3.8, 4) is 11.5 Å². The second-order valence-corrected chi connectivity index (χ2v) is 12.1. The van der Waals surface area contributed by atoms with Crippen molar-refractivity contribution in [1.82, 2.24) is 0 Å². The van der Waals surface area contributed by atoms with Crippen LogP contribution >= 0.6 is 0 Å². The minimum Gasteiger partial charge on any atom is -0.497 e. The molecule has 0 radical (unpaired) electrons. The van der Waals surface area contributed by atoms with E-state index >= 15 is 0 Å². The van der Waals surface area contributed by atoms with Crippen molar-refractivity contribution in [2.24, 2.45) is 0 Å². The first-order valence-corrected chi connectivity index (χ1v) is 14.8. The fourth-order valence-electron chi connectivity index (χ4n) is 4.45. The summed E-state index contributed by atoms with van der Waals surface area (Å²) in [6, 6.07) is 12.3. The van der Waals surface area contributed by atoms with Crippen LogP contribution in [0.2, 0.25) is 0 Å². The van der Waals surface area contributed by atoms with Gasteiger partial charge in [0.1, 0.15) is 24.2 Å². The largest absolute Gasteiger partial charge is 0.497 e. The quantitative estimate of drug-likeness (QED) is 0.111. The molecule has 0 fully saturated rings. The van der Waals surface area contributed by atoms with Gasteiger partial charge in [-0.1, -0.05) is 45.0 Å². The average molecular weight is 843 g/mol. The van der Waals surface area contributed by atoms with Gasteiger partial charge in [0.05, 0.1) is 7.11 Å². The molecule has 0 aromatic heterocycles. The SMILES string of the molecule is CCC(COc1ccc(C(C)(C)c2ccc(OC)cc2)cc1)OC(=O)C(F)(F)C(F)(F)C(F)(F)C(F)(F)C(F)(F)C(F)(F)C(F)(F)C(F)(F)C(F)(F)C(F)F. The Kier molecular flexibility index (Phi) is 12.8. The molecule has 0 N–H and O–H groups in total. The van der Waals surface area contributed by atoms with Crippen LogP contribution in [0, 0.1) is 0 Å². The minimum atomic E-state index is -9.18. The molecule has 55 heavy (non-hydrogen) atoms. The molecule has 2 aromatic rings. The van der Waals surface area contributed by atoms with E-state index in [9.17, 15) is 92.6 Å². The van der Waals surface area contributed by atoms with Crippen molar-refractivity contribution in [2.45, 2.75) is 98.4 Å². The van der Waals surface area contributed by atoms with Gasteiger partial charge >= 0.3 is 65.7 Å². The molecular formula is C31H26F20O4. The Morgan fingerprint density at radius 2 is 0.909 bits per heavy atom. The molecule has 0 saturated carbocycles. The van der Waals surface area contributed by atoms with Gasteiger partial charge in [0.15, 0.2) is 0 Å². The number of halogens is 20. The van der Waals surface area contributed by atoms with Gasteiger partial charge in [0.2, 0.25) is 0 Å². The number of alkyl halides is 20. The molecule has 2 aromatic carbocycles. The number of esters is 1. The number of methoxy groups -OCH3 is 1. The number of carbonyl (C=O) groups is 1. The molecule has 0 aliphatic carbocycles. The highest BCUT2D eigenvalue weighted by Crippen LogP contribution is 2.65. The van der Waals surface area contributed by atoms with Crippen molar-refractivity contribution in [3.05, 3.63) is 59.7 Å². The molecule has 0 aliphatic heterocycles. The van der Waals surface area contributed by atoms with Crippen LogP contribution in [0.1, 0.15) is 38.3 Å². The summed E-state index contributed by atoms with van der Waals surface area (Å²) in [5.41, 5.74) is 0.749. The van der Waals surface area contributed by atoms with Crippen LogP contribution in [0.15, 0.2) is 48.5 Å². The van der Waals surface area contributed by atoms with Crippen LogP contribution in [-0.2, 0) is 14.9 Å². The van der Waals surface area contributed by atoms with E-state index < -0.39 is 90.2 Å². The molecule has 0 bridgehead atoms. The lowest BCUT2D eigenvalue weighted by atomic mass is 9.78. The third-order valence-electron chi connectivity index (χ3n) is 8.26. The number of ether oxygens (including phenoxy) is 3. The second-order valence-electron chi connectivity index (χ2n) is 12.1. The smallest absolute Gasteiger partial charge is 0.410 e. The number of hydrogen-bond donors (Lipinski definition) is 0. The standard InChI is InChI=1S/C31H26F20O4/c1-5-17(14-54-19-12-8-16(9-13-19)22(2,3)15-6-10-18(53-4)11-7-15)55-21(52)24(36,37)26(40,41)28(44,45)30(48,49)31(50,51)29(46,47)27(42,43)25(38,39)23(34,35)20(32)33/h6-13,17,20H,5,14H2,1-4H3. The third-order valence-corrected chi connectivity index (χ3v) is 8.26. The second kappa shape index (κ2) is 14.9. The Labute approximate surface area is 296 Å². The normalized spacial score (nSPS) is 15.2. The van der Waals surface area contributed by atoms with E-state index in [0.717, 1.165) is 12.5 Å². The summed E-state index contributed by atoms with van der Waals surface area (Å²) >= 11 is 0. The molecule has 0 saturated heterocycles. The van der Waals surface area contributed by atoms with Crippen molar-refractivity contribution in [3.63, 3.8) is 0 Å². The van der Waals surface area contributed by atoms with E-state index in [-0.39, 0.29) is 5.75 Å². The Balaban J connectivity index is 2.34. The van der Waals surface area contributed by atoms with Gasteiger partial charge in [-0.3, -0.25) is 0 Å². The van der Waals surface area contributed by atoms with Crippen LogP contribution in [-0.4, -0.2) is 85.5 Å². The average Bonchev–Trinajstić information content (AvgIpc) is 3.09. The van der Waals surface area contributed by atoms with Gasteiger partial charge < -0.3 is 14.2 Å². The van der Waals surface area contributed by atoms with Crippen molar-refractivity contribution < 1.29 is 107 Å². The van der Waals surface area contributed by atoms with Crippen LogP contribution in [0.25, 0.3) is 0 Å². The lowest BCUT2D eigenvalue weighted by Gasteiger charge is -2.44. The molecular weight excluding hydrogens is 816 g/mol. The molecule has 0 aliphatic rings. The number of benzene rings is 2. The van der Waals surface area contributed by atoms with Gasteiger partial charge in [0.25, 0.3) is 0 Å². The summed E-state index contributed by atoms with van der Waals surface area (Å²) in [7, 11) is 1.44. The zero-order valence-electron chi connectivity index (χ0n) is 27.9. The third kappa shape index (κ3) is 7.41. The van der Waals surface area contributed by atoms with Crippen molar-refractivity contribution in [1.29, 1.82) is 0 Å². The van der Waals surface area contributed by atoms with Crippen molar-refractivity contribution >= 4 is 5.97 Å². The molecule has 4 nitrogen and oxygen atoms in total. The molecule has 0 heterocycles. The lowest BCUT2D eigenvalue weighted by Crippen LogP contribution is -2.76. The van der Waals surface area contributed by atoms with Crippen LogP contribution in [0.5, 0.6) is 11.5 Å². The first-order chi connectivity index (χ1) is 24.5. The van der Waals surface area contributed by atoms with Crippen molar-refractivity contribution in [2.75, 3.05) is 13.7 Å². The summed E-state index contributed by atoms with van der Waals surface area (Å²) < 4.78 is 288. The fraction of sp³-hybridized carbons (Fsp3) is 0.581. The minimum absolute atomic E-state index is 0.149. The first-order valence-electron chi connectivity index (χ1n) is 14.8. The zero-order chi connectivity index (χ0) is 43.2. The van der Waals surface area contributed by atoms with E-state index in [1.807, 2.05) is 0 Å². The summed E-state index contributed by atoms with van der Waals surface area (Å²) in [5.74, 6) is -81.0. The number of rotatable bonds is 18. The van der Waals surface area contributed by atoms with Gasteiger partial charge in [-0.05, 0) is 41.8 Å². The van der Waals surface area contributed by atoms with Gasteiger partial charge in [-0.2, -0.15) is 79.0 Å². The molecule has 0 spiro atoms. The summed E-state index contributed by atoms with van der Waals surface area (Å²) in [5, 5.41) is 0. The highest BCUT2D eigenvalue weighted by molar-refractivity contribution is 5.79. The summed E-state index contributed by atoms with van der Waals surface area (Å²) in [6.07, 6.45) is -9.09. The molecule has 24 heteroatoms. The van der Waals surface area contributed by atoms with E-state index in [0.29, 0.717) is 11.3 Å². The first kappa shape index (κ1) is 47.3. The molecule has 1 unspecified atom stereocenters. The zero-order valence-corrected chi connectivity index (χ0v) is 27.9. The van der Waals surface area contributed by atoms with Crippen LogP contribution < -0.4 is 9.47 Å². The Morgan fingerprint density at radius 1 is 0.564 bits per heavy atom.